The van der Waals surface area contributed by atoms with Crippen LogP contribution in [0.5, 0.6) is 0 Å². The maximum absolute atomic E-state index is 14.4. The van der Waals surface area contributed by atoms with Crippen LogP contribution in [-0.4, -0.2) is 17.6 Å². The standard InChI is InChI=1S/C17H14ClFN2O2.ClH/c18-15-5-4-10(12(9-21)7-16(22)23)6-14(15)13-3-1-2-11(8-20)17(13)19;/h1-6,12H,7,9,21H2,(H,22,23);1H/t12-;/m0./s1. The fourth-order valence-electron chi connectivity index (χ4n) is 2.38. The first kappa shape index (κ1) is 19.9. The minimum Gasteiger partial charge on any atom is -0.481 e. The zero-order chi connectivity index (χ0) is 17.0. The van der Waals surface area contributed by atoms with E-state index in [9.17, 15) is 9.18 Å². The van der Waals surface area contributed by atoms with Gasteiger partial charge in [0.05, 0.1) is 12.0 Å². The zero-order valence-electron chi connectivity index (χ0n) is 12.5. The van der Waals surface area contributed by atoms with Crippen LogP contribution in [0.25, 0.3) is 11.1 Å². The molecule has 0 bridgehead atoms. The topological polar surface area (TPSA) is 87.1 Å². The first-order valence-corrected chi connectivity index (χ1v) is 7.26. The summed E-state index contributed by atoms with van der Waals surface area (Å²) in [4.78, 5) is 10.9. The minimum atomic E-state index is -0.963. The van der Waals surface area contributed by atoms with Crippen molar-refractivity contribution in [2.45, 2.75) is 12.3 Å². The summed E-state index contributed by atoms with van der Waals surface area (Å²) in [5, 5.41) is 18.2. The minimum absolute atomic E-state index is 0. The Morgan fingerprint density at radius 3 is 2.62 bits per heavy atom. The molecule has 0 aliphatic heterocycles. The van der Waals surface area contributed by atoms with Gasteiger partial charge in [-0.2, -0.15) is 5.26 Å². The number of hydrogen-bond acceptors (Lipinski definition) is 3. The summed E-state index contributed by atoms with van der Waals surface area (Å²) in [6, 6.07) is 11.1. The molecule has 0 saturated carbocycles. The third kappa shape index (κ3) is 4.24. The highest BCUT2D eigenvalue weighted by molar-refractivity contribution is 6.33. The fourth-order valence-corrected chi connectivity index (χ4v) is 2.60. The van der Waals surface area contributed by atoms with Crippen LogP contribution in [0.3, 0.4) is 0 Å². The zero-order valence-corrected chi connectivity index (χ0v) is 14.1. The Morgan fingerprint density at radius 1 is 1.33 bits per heavy atom. The van der Waals surface area contributed by atoms with Crippen LogP contribution in [-0.2, 0) is 4.79 Å². The summed E-state index contributed by atoms with van der Waals surface area (Å²) in [5.74, 6) is -2.02. The molecule has 0 aliphatic carbocycles. The van der Waals surface area contributed by atoms with E-state index in [0.29, 0.717) is 16.1 Å². The molecule has 2 aromatic rings. The molecule has 2 rings (SSSR count). The molecule has 1 atom stereocenters. The summed E-state index contributed by atoms with van der Waals surface area (Å²) in [6.07, 6.45) is -0.127. The van der Waals surface area contributed by atoms with Crippen molar-refractivity contribution >= 4 is 30.0 Å². The molecule has 24 heavy (non-hydrogen) atoms. The molecular formula is C17H15Cl2FN2O2. The number of halogens is 3. The molecular weight excluding hydrogens is 354 g/mol. The second kappa shape index (κ2) is 8.65. The van der Waals surface area contributed by atoms with Gasteiger partial charge in [0.15, 0.2) is 0 Å². The Kier molecular flexibility index (Phi) is 7.18. The second-order valence-corrected chi connectivity index (χ2v) is 5.46. The number of nitrogens with zero attached hydrogens (tertiary/aromatic N) is 1. The number of hydrogen-bond donors (Lipinski definition) is 2. The van der Waals surface area contributed by atoms with E-state index in [1.807, 2.05) is 0 Å². The van der Waals surface area contributed by atoms with Crippen LogP contribution in [0.4, 0.5) is 4.39 Å². The number of carboxylic acids is 1. The molecule has 7 heteroatoms. The molecule has 0 aromatic heterocycles. The van der Waals surface area contributed by atoms with E-state index < -0.39 is 17.7 Å². The number of carbonyl (C=O) groups is 1. The molecule has 0 heterocycles. The van der Waals surface area contributed by atoms with E-state index >= 15 is 0 Å². The molecule has 0 fully saturated rings. The normalized spacial score (nSPS) is 11.2. The van der Waals surface area contributed by atoms with E-state index in [-0.39, 0.29) is 36.5 Å². The fraction of sp³-hybridized carbons (Fsp3) is 0.176. The van der Waals surface area contributed by atoms with Gasteiger partial charge >= 0.3 is 5.97 Å². The second-order valence-electron chi connectivity index (χ2n) is 5.05. The molecule has 2 aromatic carbocycles. The van der Waals surface area contributed by atoms with Crippen LogP contribution in [0.15, 0.2) is 36.4 Å². The van der Waals surface area contributed by atoms with Gasteiger partial charge in [0, 0.05) is 22.1 Å². The maximum atomic E-state index is 14.4. The highest BCUT2D eigenvalue weighted by Crippen LogP contribution is 2.34. The number of rotatable bonds is 5. The molecule has 0 unspecified atom stereocenters. The van der Waals surface area contributed by atoms with Crippen molar-refractivity contribution in [3.63, 3.8) is 0 Å². The van der Waals surface area contributed by atoms with Crippen LogP contribution in [0, 0.1) is 17.1 Å². The SMILES string of the molecule is Cl.N#Cc1cccc(-c2cc([C@H](CN)CC(=O)O)ccc2Cl)c1F. The molecule has 0 aliphatic rings. The molecule has 0 spiro atoms. The highest BCUT2D eigenvalue weighted by atomic mass is 35.5. The van der Waals surface area contributed by atoms with Crippen molar-refractivity contribution in [3.8, 4) is 17.2 Å². The van der Waals surface area contributed by atoms with E-state index in [1.54, 1.807) is 30.3 Å². The lowest BCUT2D eigenvalue weighted by molar-refractivity contribution is -0.137. The van der Waals surface area contributed by atoms with Crippen LogP contribution < -0.4 is 5.73 Å². The monoisotopic (exact) mass is 368 g/mol. The van der Waals surface area contributed by atoms with Crippen molar-refractivity contribution < 1.29 is 14.3 Å². The summed E-state index contributed by atoms with van der Waals surface area (Å²) < 4.78 is 14.4. The van der Waals surface area contributed by atoms with Gasteiger partial charge in [-0.05, 0) is 30.3 Å². The van der Waals surface area contributed by atoms with Gasteiger partial charge in [0.25, 0.3) is 0 Å². The maximum Gasteiger partial charge on any atom is 0.304 e. The molecule has 0 radical (unpaired) electrons. The Hall–Kier alpha value is -2.13. The van der Waals surface area contributed by atoms with Crippen molar-refractivity contribution in [3.05, 3.63) is 58.4 Å². The summed E-state index contributed by atoms with van der Waals surface area (Å²) in [7, 11) is 0. The Morgan fingerprint density at radius 2 is 2.04 bits per heavy atom. The number of benzene rings is 2. The lowest BCUT2D eigenvalue weighted by Crippen LogP contribution is -2.16. The van der Waals surface area contributed by atoms with Gasteiger partial charge in [-0.25, -0.2) is 4.39 Å². The molecule has 126 valence electrons. The Labute approximate surface area is 150 Å². The molecule has 0 amide bonds. The molecule has 4 nitrogen and oxygen atoms in total. The summed E-state index contributed by atoms with van der Waals surface area (Å²) in [6.45, 7) is 0.147. The third-order valence-electron chi connectivity index (χ3n) is 3.58. The predicted molar refractivity (Wildman–Crippen MR) is 92.9 cm³/mol. The van der Waals surface area contributed by atoms with Gasteiger partial charge in [-0.1, -0.05) is 29.8 Å². The van der Waals surface area contributed by atoms with E-state index in [2.05, 4.69) is 0 Å². The van der Waals surface area contributed by atoms with Crippen LogP contribution in [0.1, 0.15) is 23.5 Å². The largest absolute Gasteiger partial charge is 0.481 e. The Bertz CT molecular complexity index is 791. The highest BCUT2D eigenvalue weighted by Gasteiger charge is 2.18. The van der Waals surface area contributed by atoms with Crippen molar-refractivity contribution in [1.29, 1.82) is 5.26 Å². The van der Waals surface area contributed by atoms with Gasteiger partial charge in [-0.15, -0.1) is 12.4 Å². The smallest absolute Gasteiger partial charge is 0.304 e. The lowest BCUT2D eigenvalue weighted by Gasteiger charge is -2.15. The first-order valence-electron chi connectivity index (χ1n) is 6.88. The average molecular weight is 369 g/mol. The number of carboxylic acid groups (broad SMARTS) is 1. The summed E-state index contributed by atoms with van der Waals surface area (Å²) in [5.41, 5.74) is 6.83. The lowest BCUT2D eigenvalue weighted by atomic mass is 9.92. The van der Waals surface area contributed by atoms with E-state index in [4.69, 9.17) is 27.7 Å². The van der Waals surface area contributed by atoms with Crippen molar-refractivity contribution in [1.82, 2.24) is 0 Å². The third-order valence-corrected chi connectivity index (χ3v) is 3.91. The van der Waals surface area contributed by atoms with Gasteiger partial charge in [0.1, 0.15) is 11.9 Å². The first-order chi connectivity index (χ1) is 11.0. The molecule has 0 saturated heterocycles. The van der Waals surface area contributed by atoms with E-state index in [0.717, 1.165) is 0 Å². The van der Waals surface area contributed by atoms with Gasteiger partial charge in [-0.3, -0.25) is 4.79 Å². The quantitative estimate of drug-likeness (QED) is 0.835. The number of aliphatic carboxylic acids is 1. The number of nitrogens with two attached hydrogens (primary N) is 1. The predicted octanol–water partition coefficient (Wildman–Crippen LogP) is 3.96. The van der Waals surface area contributed by atoms with Gasteiger partial charge in [0.2, 0.25) is 0 Å². The van der Waals surface area contributed by atoms with Crippen LogP contribution >= 0.6 is 24.0 Å². The Balaban J connectivity index is 0.00000288. The average Bonchev–Trinajstić information content (AvgIpc) is 2.53. The number of nitriles is 1. The van der Waals surface area contributed by atoms with E-state index in [1.165, 1.54) is 12.1 Å². The van der Waals surface area contributed by atoms with Crippen molar-refractivity contribution in [2.75, 3.05) is 6.54 Å². The molecule has 3 N–H and O–H groups in total. The summed E-state index contributed by atoms with van der Waals surface area (Å²) >= 11 is 6.15. The van der Waals surface area contributed by atoms with Crippen molar-refractivity contribution in [2.24, 2.45) is 5.73 Å². The van der Waals surface area contributed by atoms with Crippen LogP contribution in [0.2, 0.25) is 5.02 Å². The van der Waals surface area contributed by atoms with Gasteiger partial charge < -0.3 is 10.8 Å².